The normalized spacial score (nSPS) is 11.9. The van der Waals surface area contributed by atoms with Crippen LogP contribution in [-0.2, 0) is 4.79 Å². The van der Waals surface area contributed by atoms with Crippen LogP contribution in [0.4, 0.5) is 0 Å². The molecule has 0 spiro atoms. The Kier molecular flexibility index (Phi) is 8.61. The number of halogens is 1. The van der Waals surface area contributed by atoms with Gasteiger partial charge in [-0.15, -0.1) is 11.6 Å². The summed E-state index contributed by atoms with van der Waals surface area (Å²) in [4.78, 5) is 14.2. The summed E-state index contributed by atoms with van der Waals surface area (Å²) >= 11 is 5.76. The van der Waals surface area contributed by atoms with Gasteiger partial charge in [-0.05, 0) is 39.8 Å². The summed E-state index contributed by atoms with van der Waals surface area (Å²) in [6, 6.07) is 0. The van der Waals surface area contributed by atoms with Gasteiger partial charge in [0.2, 0.25) is 5.91 Å². The van der Waals surface area contributed by atoms with Gasteiger partial charge in [0.15, 0.2) is 0 Å². The molecule has 17 heavy (non-hydrogen) atoms. The van der Waals surface area contributed by atoms with Crippen LogP contribution >= 0.6 is 11.6 Å². The van der Waals surface area contributed by atoms with Crippen LogP contribution in [0.3, 0.4) is 0 Å². The molecule has 1 N–H and O–H groups in total. The highest BCUT2D eigenvalue weighted by Crippen LogP contribution is 2.16. The number of hydrogen-bond acceptors (Lipinski definition) is 2. The topological polar surface area (TPSA) is 32.3 Å². The van der Waals surface area contributed by atoms with Gasteiger partial charge in [-0.1, -0.05) is 13.8 Å². The van der Waals surface area contributed by atoms with E-state index in [2.05, 4.69) is 24.1 Å². The standard InChI is InChI=1S/C13H27ClN2O/c1-5-8-16(9-6-2)10-7-15-12(17)13(3,4)11-14/h5-11H2,1-4H3,(H,15,17). The summed E-state index contributed by atoms with van der Waals surface area (Å²) in [5.74, 6) is 0.396. The second-order valence-electron chi connectivity index (χ2n) is 5.12. The van der Waals surface area contributed by atoms with Gasteiger partial charge in [0.1, 0.15) is 0 Å². The molecule has 0 rings (SSSR count). The minimum Gasteiger partial charge on any atom is -0.354 e. The fourth-order valence-corrected chi connectivity index (χ4v) is 1.72. The van der Waals surface area contributed by atoms with Crippen LogP contribution in [0.1, 0.15) is 40.5 Å². The van der Waals surface area contributed by atoms with E-state index >= 15 is 0 Å². The molecule has 0 fully saturated rings. The fraction of sp³-hybridized carbons (Fsp3) is 0.923. The molecule has 102 valence electrons. The first-order valence-corrected chi connectivity index (χ1v) is 7.08. The molecule has 0 atom stereocenters. The van der Waals surface area contributed by atoms with E-state index in [-0.39, 0.29) is 5.91 Å². The minimum absolute atomic E-state index is 0.0421. The van der Waals surface area contributed by atoms with E-state index < -0.39 is 5.41 Å². The molecule has 0 aromatic rings. The molecule has 0 heterocycles. The molecule has 0 aromatic heterocycles. The molecule has 0 saturated carbocycles. The van der Waals surface area contributed by atoms with Crippen LogP contribution in [0.25, 0.3) is 0 Å². The molecule has 0 aromatic carbocycles. The quantitative estimate of drug-likeness (QED) is 0.648. The number of alkyl halides is 1. The molecule has 0 saturated heterocycles. The van der Waals surface area contributed by atoms with E-state index in [0.29, 0.717) is 12.4 Å². The molecule has 0 aliphatic rings. The van der Waals surface area contributed by atoms with E-state index in [1.54, 1.807) is 0 Å². The number of carbonyl (C=O) groups excluding carboxylic acids is 1. The largest absolute Gasteiger partial charge is 0.354 e. The van der Waals surface area contributed by atoms with Crippen molar-refractivity contribution in [2.75, 3.05) is 32.1 Å². The van der Waals surface area contributed by atoms with Gasteiger partial charge in [-0.25, -0.2) is 0 Å². The smallest absolute Gasteiger partial charge is 0.226 e. The van der Waals surface area contributed by atoms with Gasteiger partial charge in [-0.2, -0.15) is 0 Å². The Morgan fingerprint density at radius 2 is 1.71 bits per heavy atom. The fourth-order valence-electron chi connectivity index (χ4n) is 1.60. The van der Waals surface area contributed by atoms with Gasteiger partial charge in [0, 0.05) is 19.0 Å². The number of carbonyl (C=O) groups is 1. The van der Waals surface area contributed by atoms with Gasteiger partial charge < -0.3 is 10.2 Å². The number of nitrogens with one attached hydrogen (secondary N) is 1. The predicted molar refractivity (Wildman–Crippen MR) is 74.5 cm³/mol. The zero-order chi connectivity index (χ0) is 13.3. The number of amides is 1. The summed E-state index contributed by atoms with van der Waals surface area (Å²) in [7, 11) is 0. The SMILES string of the molecule is CCCN(CCC)CCNC(=O)C(C)(C)CCl. The van der Waals surface area contributed by atoms with Crippen LogP contribution in [-0.4, -0.2) is 42.9 Å². The molecule has 4 heteroatoms. The Hall–Kier alpha value is -0.280. The van der Waals surface area contributed by atoms with Crippen molar-refractivity contribution >= 4 is 17.5 Å². The number of nitrogens with zero attached hydrogens (tertiary/aromatic N) is 1. The molecule has 0 bridgehead atoms. The van der Waals surface area contributed by atoms with Gasteiger partial charge in [-0.3, -0.25) is 4.79 Å². The lowest BCUT2D eigenvalue weighted by Crippen LogP contribution is -2.42. The summed E-state index contributed by atoms with van der Waals surface area (Å²) < 4.78 is 0. The van der Waals surface area contributed by atoms with E-state index in [9.17, 15) is 4.79 Å². The predicted octanol–water partition coefficient (Wildman–Crippen LogP) is 2.49. The van der Waals surface area contributed by atoms with Crippen LogP contribution in [0.5, 0.6) is 0 Å². The van der Waals surface area contributed by atoms with Crippen molar-refractivity contribution in [3.8, 4) is 0 Å². The average Bonchev–Trinajstić information content (AvgIpc) is 2.29. The summed E-state index contributed by atoms with van der Waals surface area (Å²) in [5.41, 5.74) is -0.470. The van der Waals surface area contributed by atoms with Crippen molar-refractivity contribution in [1.29, 1.82) is 0 Å². The molecule has 0 radical (unpaired) electrons. The highest BCUT2D eigenvalue weighted by Gasteiger charge is 2.25. The molecular weight excluding hydrogens is 236 g/mol. The zero-order valence-corrected chi connectivity index (χ0v) is 12.4. The van der Waals surface area contributed by atoms with Crippen molar-refractivity contribution in [3.63, 3.8) is 0 Å². The number of rotatable bonds is 9. The van der Waals surface area contributed by atoms with Crippen molar-refractivity contribution in [2.24, 2.45) is 5.41 Å². The molecular formula is C13H27ClN2O. The Morgan fingerprint density at radius 3 is 2.12 bits per heavy atom. The summed E-state index contributed by atoms with van der Waals surface area (Å²) in [6.45, 7) is 11.9. The lowest BCUT2D eigenvalue weighted by Gasteiger charge is -2.24. The third kappa shape index (κ3) is 6.89. The second-order valence-corrected chi connectivity index (χ2v) is 5.38. The zero-order valence-electron chi connectivity index (χ0n) is 11.7. The first kappa shape index (κ1) is 16.7. The maximum absolute atomic E-state index is 11.8. The lowest BCUT2D eigenvalue weighted by atomic mass is 9.95. The van der Waals surface area contributed by atoms with Gasteiger partial charge in [0.25, 0.3) is 0 Å². The minimum atomic E-state index is -0.470. The Bertz CT molecular complexity index is 213. The Labute approximate surface area is 111 Å². The first-order chi connectivity index (χ1) is 7.97. The third-order valence-corrected chi connectivity index (χ3v) is 3.41. The maximum atomic E-state index is 11.8. The monoisotopic (exact) mass is 262 g/mol. The molecule has 0 aliphatic carbocycles. The van der Waals surface area contributed by atoms with E-state index in [1.165, 1.54) is 0 Å². The van der Waals surface area contributed by atoms with Crippen molar-refractivity contribution in [1.82, 2.24) is 10.2 Å². The molecule has 1 amide bonds. The van der Waals surface area contributed by atoms with Crippen LogP contribution in [0.2, 0.25) is 0 Å². The highest BCUT2D eigenvalue weighted by atomic mass is 35.5. The molecule has 3 nitrogen and oxygen atoms in total. The summed E-state index contributed by atoms with van der Waals surface area (Å²) in [6.07, 6.45) is 2.31. The van der Waals surface area contributed by atoms with Crippen molar-refractivity contribution in [3.05, 3.63) is 0 Å². The molecule has 0 aliphatic heterocycles. The second kappa shape index (κ2) is 8.76. The van der Waals surface area contributed by atoms with Crippen LogP contribution in [0, 0.1) is 5.41 Å². The maximum Gasteiger partial charge on any atom is 0.226 e. The van der Waals surface area contributed by atoms with Gasteiger partial charge in [0.05, 0.1) is 5.41 Å². The van der Waals surface area contributed by atoms with E-state index in [1.807, 2.05) is 13.8 Å². The lowest BCUT2D eigenvalue weighted by molar-refractivity contribution is -0.128. The highest BCUT2D eigenvalue weighted by molar-refractivity contribution is 6.19. The van der Waals surface area contributed by atoms with Crippen LogP contribution < -0.4 is 5.32 Å². The van der Waals surface area contributed by atoms with Gasteiger partial charge >= 0.3 is 0 Å². The van der Waals surface area contributed by atoms with Crippen molar-refractivity contribution < 1.29 is 4.79 Å². The van der Waals surface area contributed by atoms with Crippen molar-refractivity contribution in [2.45, 2.75) is 40.5 Å². The Morgan fingerprint density at radius 1 is 1.18 bits per heavy atom. The van der Waals surface area contributed by atoms with E-state index in [0.717, 1.165) is 32.5 Å². The Balaban J connectivity index is 3.91. The average molecular weight is 263 g/mol. The number of hydrogen-bond donors (Lipinski definition) is 1. The summed E-state index contributed by atoms with van der Waals surface area (Å²) in [5, 5.41) is 2.96. The van der Waals surface area contributed by atoms with E-state index in [4.69, 9.17) is 11.6 Å². The molecule has 0 unspecified atom stereocenters. The third-order valence-electron chi connectivity index (χ3n) is 2.74. The van der Waals surface area contributed by atoms with Crippen LogP contribution in [0.15, 0.2) is 0 Å². The first-order valence-electron chi connectivity index (χ1n) is 6.54.